The SMILES string of the molecule is CCC(N)Cc1ccc(F)cn1.Cl. The number of nitrogens with zero attached hydrogens (tertiary/aromatic N) is 1. The van der Waals surface area contributed by atoms with E-state index in [0.29, 0.717) is 0 Å². The highest BCUT2D eigenvalue weighted by Gasteiger charge is 2.01. The average molecular weight is 205 g/mol. The van der Waals surface area contributed by atoms with Gasteiger partial charge >= 0.3 is 0 Å². The highest BCUT2D eigenvalue weighted by molar-refractivity contribution is 5.85. The normalized spacial score (nSPS) is 11.9. The van der Waals surface area contributed by atoms with E-state index in [4.69, 9.17) is 5.73 Å². The first-order valence-corrected chi connectivity index (χ1v) is 4.08. The van der Waals surface area contributed by atoms with Crippen LogP contribution < -0.4 is 5.73 Å². The molecule has 1 aromatic heterocycles. The third kappa shape index (κ3) is 4.20. The molecule has 0 aromatic carbocycles. The van der Waals surface area contributed by atoms with E-state index in [-0.39, 0.29) is 24.3 Å². The van der Waals surface area contributed by atoms with E-state index < -0.39 is 0 Å². The van der Waals surface area contributed by atoms with Gasteiger partial charge in [0.2, 0.25) is 0 Å². The third-order valence-electron chi connectivity index (χ3n) is 1.78. The van der Waals surface area contributed by atoms with Gasteiger partial charge < -0.3 is 5.73 Å². The third-order valence-corrected chi connectivity index (χ3v) is 1.78. The Morgan fingerprint density at radius 2 is 2.23 bits per heavy atom. The highest BCUT2D eigenvalue weighted by Crippen LogP contribution is 2.02. The number of halogens is 2. The number of aromatic nitrogens is 1. The Hall–Kier alpha value is -0.670. The largest absolute Gasteiger partial charge is 0.327 e. The summed E-state index contributed by atoms with van der Waals surface area (Å²) < 4.78 is 12.4. The van der Waals surface area contributed by atoms with Gasteiger partial charge in [0, 0.05) is 18.2 Å². The molecule has 0 aliphatic heterocycles. The molecular weight excluding hydrogens is 191 g/mol. The maximum Gasteiger partial charge on any atom is 0.141 e. The molecule has 0 bridgehead atoms. The first-order chi connectivity index (χ1) is 5.72. The van der Waals surface area contributed by atoms with Crippen molar-refractivity contribution in [3.63, 3.8) is 0 Å². The Morgan fingerprint density at radius 3 is 2.69 bits per heavy atom. The fraction of sp³-hybridized carbons (Fsp3) is 0.444. The Balaban J connectivity index is 0.00000144. The van der Waals surface area contributed by atoms with Gasteiger partial charge in [0.1, 0.15) is 5.82 Å². The van der Waals surface area contributed by atoms with Crippen molar-refractivity contribution in [3.05, 3.63) is 29.8 Å². The molecule has 1 atom stereocenters. The van der Waals surface area contributed by atoms with Gasteiger partial charge in [0.05, 0.1) is 6.20 Å². The van der Waals surface area contributed by atoms with Crippen LogP contribution in [0.5, 0.6) is 0 Å². The molecule has 0 saturated heterocycles. The summed E-state index contributed by atoms with van der Waals surface area (Å²) in [7, 11) is 0. The Kier molecular flexibility index (Phi) is 5.58. The number of nitrogens with two attached hydrogens (primary N) is 1. The van der Waals surface area contributed by atoms with Gasteiger partial charge in [0.15, 0.2) is 0 Å². The molecule has 0 radical (unpaired) electrons. The van der Waals surface area contributed by atoms with Crippen molar-refractivity contribution < 1.29 is 4.39 Å². The highest BCUT2D eigenvalue weighted by atomic mass is 35.5. The molecule has 0 fully saturated rings. The summed E-state index contributed by atoms with van der Waals surface area (Å²) in [6.45, 7) is 2.02. The Labute approximate surface area is 83.8 Å². The molecule has 2 N–H and O–H groups in total. The van der Waals surface area contributed by atoms with Crippen molar-refractivity contribution >= 4 is 12.4 Å². The molecule has 0 aliphatic carbocycles. The van der Waals surface area contributed by atoms with Gasteiger partial charge in [0.25, 0.3) is 0 Å². The maximum atomic E-state index is 12.4. The lowest BCUT2D eigenvalue weighted by molar-refractivity contribution is 0.608. The minimum Gasteiger partial charge on any atom is -0.327 e. The summed E-state index contributed by atoms with van der Waals surface area (Å²) in [5, 5.41) is 0. The van der Waals surface area contributed by atoms with Crippen LogP contribution >= 0.6 is 12.4 Å². The molecule has 0 spiro atoms. The molecule has 0 saturated carbocycles. The van der Waals surface area contributed by atoms with Crippen LogP contribution in [0.25, 0.3) is 0 Å². The zero-order valence-electron chi connectivity index (χ0n) is 7.53. The fourth-order valence-electron chi connectivity index (χ4n) is 0.940. The smallest absolute Gasteiger partial charge is 0.141 e. The zero-order chi connectivity index (χ0) is 8.97. The molecule has 2 nitrogen and oxygen atoms in total. The molecule has 4 heteroatoms. The van der Waals surface area contributed by atoms with Crippen LogP contribution in [0.1, 0.15) is 19.0 Å². The second-order valence-corrected chi connectivity index (χ2v) is 2.84. The minimum atomic E-state index is -0.302. The van der Waals surface area contributed by atoms with Crippen molar-refractivity contribution in [3.8, 4) is 0 Å². The molecule has 0 aliphatic rings. The number of pyridine rings is 1. The van der Waals surface area contributed by atoms with Crippen LogP contribution in [0.4, 0.5) is 4.39 Å². The summed E-state index contributed by atoms with van der Waals surface area (Å²) in [4.78, 5) is 3.91. The first-order valence-electron chi connectivity index (χ1n) is 4.08. The number of hydrogen-bond acceptors (Lipinski definition) is 2. The second-order valence-electron chi connectivity index (χ2n) is 2.84. The molecule has 74 valence electrons. The van der Waals surface area contributed by atoms with E-state index >= 15 is 0 Å². The topological polar surface area (TPSA) is 38.9 Å². The monoisotopic (exact) mass is 204 g/mol. The first kappa shape index (κ1) is 12.3. The van der Waals surface area contributed by atoms with Crippen LogP contribution in [0, 0.1) is 5.82 Å². The van der Waals surface area contributed by atoms with E-state index in [1.54, 1.807) is 6.07 Å². The molecule has 1 rings (SSSR count). The van der Waals surface area contributed by atoms with Crippen molar-refractivity contribution in [1.29, 1.82) is 0 Å². The van der Waals surface area contributed by atoms with Crippen molar-refractivity contribution in [2.75, 3.05) is 0 Å². The Morgan fingerprint density at radius 1 is 1.54 bits per heavy atom. The van der Waals surface area contributed by atoms with Gasteiger partial charge in [-0.05, 0) is 18.6 Å². The van der Waals surface area contributed by atoms with E-state index in [9.17, 15) is 4.39 Å². The predicted molar refractivity (Wildman–Crippen MR) is 53.4 cm³/mol. The summed E-state index contributed by atoms with van der Waals surface area (Å²) in [5.74, 6) is -0.302. The van der Waals surface area contributed by atoms with E-state index in [1.165, 1.54) is 12.3 Å². The molecule has 1 aromatic rings. The summed E-state index contributed by atoms with van der Waals surface area (Å²) in [5.41, 5.74) is 6.56. The quantitative estimate of drug-likeness (QED) is 0.817. The van der Waals surface area contributed by atoms with Gasteiger partial charge in [-0.1, -0.05) is 6.92 Å². The second kappa shape index (κ2) is 5.89. The van der Waals surface area contributed by atoms with Crippen molar-refractivity contribution in [2.24, 2.45) is 5.73 Å². The van der Waals surface area contributed by atoms with Crippen molar-refractivity contribution in [1.82, 2.24) is 4.98 Å². The van der Waals surface area contributed by atoms with Crippen LogP contribution in [0.15, 0.2) is 18.3 Å². The lowest BCUT2D eigenvalue weighted by atomic mass is 10.1. The van der Waals surface area contributed by atoms with Crippen LogP contribution in [-0.4, -0.2) is 11.0 Å². The van der Waals surface area contributed by atoms with E-state index in [1.807, 2.05) is 6.92 Å². The van der Waals surface area contributed by atoms with E-state index in [2.05, 4.69) is 4.98 Å². The van der Waals surface area contributed by atoms with Crippen molar-refractivity contribution in [2.45, 2.75) is 25.8 Å². The van der Waals surface area contributed by atoms with Crippen LogP contribution in [0.2, 0.25) is 0 Å². The van der Waals surface area contributed by atoms with Crippen LogP contribution in [0.3, 0.4) is 0 Å². The van der Waals surface area contributed by atoms with Gasteiger partial charge in [-0.2, -0.15) is 0 Å². The summed E-state index contributed by atoms with van der Waals surface area (Å²) in [6, 6.07) is 3.21. The maximum absolute atomic E-state index is 12.4. The zero-order valence-corrected chi connectivity index (χ0v) is 8.35. The number of rotatable bonds is 3. The molecule has 1 heterocycles. The fourth-order valence-corrected chi connectivity index (χ4v) is 0.940. The minimum absolute atomic E-state index is 0. The van der Waals surface area contributed by atoms with Gasteiger partial charge in [-0.25, -0.2) is 4.39 Å². The lowest BCUT2D eigenvalue weighted by Crippen LogP contribution is -2.21. The Bertz CT molecular complexity index is 238. The summed E-state index contributed by atoms with van der Waals surface area (Å²) in [6.07, 6.45) is 2.85. The molecule has 0 amide bonds. The number of hydrogen-bond donors (Lipinski definition) is 1. The average Bonchev–Trinajstić information content (AvgIpc) is 2.09. The molecular formula is C9H14ClFN2. The van der Waals surface area contributed by atoms with E-state index in [0.717, 1.165) is 18.5 Å². The lowest BCUT2D eigenvalue weighted by Gasteiger charge is -2.06. The van der Waals surface area contributed by atoms with Crippen LogP contribution in [-0.2, 0) is 6.42 Å². The summed E-state index contributed by atoms with van der Waals surface area (Å²) >= 11 is 0. The predicted octanol–water partition coefficient (Wildman–Crippen LogP) is 1.92. The molecule has 1 unspecified atom stereocenters. The van der Waals surface area contributed by atoms with Gasteiger partial charge in [-0.3, -0.25) is 4.98 Å². The molecule has 13 heavy (non-hydrogen) atoms. The standard InChI is InChI=1S/C9H13FN2.ClH/c1-2-8(11)5-9-4-3-7(10)6-12-9;/h3-4,6,8H,2,5,11H2,1H3;1H. The van der Waals surface area contributed by atoms with Gasteiger partial charge in [-0.15, -0.1) is 12.4 Å².